The van der Waals surface area contributed by atoms with Crippen LogP contribution in [0, 0.1) is 0 Å². The van der Waals surface area contributed by atoms with E-state index >= 15 is 0 Å². The second kappa shape index (κ2) is 5.84. The van der Waals surface area contributed by atoms with Crippen molar-refractivity contribution in [2.45, 2.75) is 17.9 Å². The molecule has 4 rings (SSSR count). The molecule has 0 saturated heterocycles. The highest BCUT2D eigenvalue weighted by Gasteiger charge is 2.43. The fourth-order valence-electron chi connectivity index (χ4n) is 3.04. The summed E-state index contributed by atoms with van der Waals surface area (Å²) >= 11 is 0. The van der Waals surface area contributed by atoms with E-state index in [-0.39, 0.29) is 13.0 Å². The Hall–Kier alpha value is -2.41. The number of nitrogens with one attached hydrogen (secondary N) is 1. The summed E-state index contributed by atoms with van der Waals surface area (Å²) in [6, 6.07) is 16.6. The SMILES string of the molecule is O=S(=O)(NCc1ccccc1)C1(O)C=Cc2oc3ccccc3c2C1. The third-order valence-electron chi connectivity index (χ3n) is 4.43. The molecule has 0 fully saturated rings. The van der Waals surface area contributed by atoms with E-state index in [0.29, 0.717) is 16.9 Å². The Morgan fingerprint density at radius 1 is 1.08 bits per heavy atom. The molecule has 0 bridgehead atoms. The molecule has 0 saturated carbocycles. The van der Waals surface area contributed by atoms with Gasteiger partial charge in [-0.3, -0.25) is 0 Å². The van der Waals surface area contributed by atoms with Crippen molar-refractivity contribution in [1.82, 2.24) is 4.72 Å². The average molecular weight is 355 g/mol. The molecule has 3 aromatic rings. The number of fused-ring (bicyclic) bond motifs is 3. The second-order valence-corrected chi connectivity index (χ2v) is 8.11. The standard InChI is InChI=1S/C19H17NO4S/c21-19(25(22,23)20-13-14-6-2-1-3-7-14)11-10-18-16(12-19)15-8-4-5-9-17(15)24-18/h1-11,20-21H,12-13H2. The zero-order valence-corrected chi connectivity index (χ0v) is 14.2. The van der Waals surface area contributed by atoms with Crippen LogP contribution in [-0.2, 0) is 23.0 Å². The molecule has 25 heavy (non-hydrogen) atoms. The van der Waals surface area contributed by atoms with E-state index in [1.807, 2.05) is 54.6 Å². The molecule has 5 nitrogen and oxygen atoms in total. The Balaban J connectivity index is 1.63. The summed E-state index contributed by atoms with van der Waals surface area (Å²) < 4.78 is 33.6. The fourth-order valence-corrected chi connectivity index (χ4v) is 4.22. The van der Waals surface area contributed by atoms with Crippen molar-refractivity contribution in [1.29, 1.82) is 0 Å². The summed E-state index contributed by atoms with van der Waals surface area (Å²) in [5, 5.41) is 11.6. The van der Waals surface area contributed by atoms with Gasteiger partial charge < -0.3 is 9.52 Å². The lowest BCUT2D eigenvalue weighted by Gasteiger charge is -2.27. The largest absolute Gasteiger partial charge is 0.456 e. The summed E-state index contributed by atoms with van der Waals surface area (Å²) in [6.07, 6.45) is 2.76. The zero-order chi connectivity index (χ0) is 17.5. The summed E-state index contributed by atoms with van der Waals surface area (Å²) in [7, 11) is -3.99. The Bertz CT molecular complexity index is 1050. The third kappa shape index (κ3) is 2.78. The summed E-state index contributed by atoms with van der Waals surface area (Å²) in [6.45, 7) is 0.123. The van der Waals surface area contributed by atoms with E-state index in [1.165, 1.54) is 12.2 Å². The third-order valence-corrected chi connectivity index (χ3v) is 6.16. The summed E-state index contributed by atoms with van der Waals surface area (Å²) in [4.78, 5) is -2.01. The molecule has 128 valence electrons. The van der Waals surface area contributed by atoms with Crippen molar-refractivity contribution in [3.63, 3.8) is 0 Å². The van der Waals surface area contributed by atoms with Crippen molar-refractivity contribution in [2.24, 2.45) is 0 Å². The normalized spacial score (nSPS) is 19.9. The van der Waals surface area contributed by atoms with Gasteiger partial charge in [-0.2, -0.15) is 0 Å². The van der Waals surface area contributed by atoms with Crippen LogP contribution >= 0.6 is 0 Å². The van der Waals surface area contributed by atoms with Crippen LogP contribution in [0.25, 0.3) is 17.0 Å². The highest BCUT2D eigenvalue weighted by Crippen LogP contribution is 2.36. The van der Waals surface area contributed by atoms with Crippen molar-refractivity contribution in [3.8, 4) is 0 Å². The zero-order valence-electron chi connectivity index (χ0n) is 13.3. The molecule has 0 spiro atoms. The molecule has 0 aliphatic heterocycles. The number of sulfonamides is 1. The van der Waals surface area contributed by atoms with Crippen molar-refractivity contribution in [2.75, 3.05) is 0 Å². The van der Waals surface area contributed by atoms with Crippen LogP contribution in [0.1, 0.15) is 16.9 Å². The van der Waals surface area contributed by atoms with Crippen LogP contribution in [0.3, 0.4) is 0 Å². The minimum atomic E-state index is -3.99. The van der Waals surface area contributed by atoms with E-state index in [1.54, 1.807) is 0 Å². The number of para-hydroxylation sites is 1. The molecule has 1 aliphatic carbocycles. The molecule has 6 heteroatoms. The van der Waals surface area contributed by atoms with E-state index < -0.39 is 15.0 Å². The molecule has 0 radical (unpaired) electrons. The van der Waals surface area contributed by atoms with Gasteiger partial charge in [0.2, 0.25) is 15.0 Å². The number of hydrogen-bond acceptors (Lipinski definition) is 4. The molecule has 1 aromatic heterocycles. The van der Waals surface area contributed by atoms with E-state index in [9.17, 15) is 13.5 Å². The predicted octanol–water partition coefficient (Wildman–Crippen LogP) is 2.81. The quantitative estimate of drug-likeness (QED) is 0.754. The summed E-state index contributed by atoms with van der Waals surface area (Å²) in [5.74, 6) is 0.587. The van der Waals surface area contributed by atoms with Gasteiger partial charge in [0.05, 0.1) is 0 Å². The Morgan fingerprint density at radius 2 is 1.80 bits per heavy atom. The molecule has 1 aliphatic rings. The van der Waals surface area contributed by atoms with Crippen LogP contribution in [0.2, 0.25) is 0 Å². The molecule has 1 atom stereocenters. The lowest BCUT2D eigenvalue weighted by molar-refractivity contribution is 0.171. The first kappa shape index (κ1) is 16.1. The van der Waals surface area contributed by atoms with Crippen molar-refractivity contribution >= 4 is 27.1 Å². The monoisotopic (exact) mass is 355 g/mol. The van der Waals surface area contributed by atoms with E-state index in [2.05, 4.69) is 4.72 Å². The maximum absolute atomic E-state index is 12.7. The van der Waals surface area contributed by atoms with Gasteiger partial charge in [-0.1, -0.05) is 48.5 Å². The molecular weight excluding hydrogens is 338 g/mol. The number of hydrogen-bond donors (Lipinski definition) is 2. The molecule has 2 aromatic carbocycles. The van der Waals surface area contributed by atoms with Crippen molar-refractivity contribution in [3.05, 3.63) is 77.6 Å². The fraction of sp³-hybridized carbons (Fsp3) is 0.158. The maximum atomic E-state index is 12.7. The van der Waals surface area contributed by atoms with Gasteiger partial charge in [0.15, 0.2) is 0 Å². The molecule has 2 N–H and O–H groups in total. The van der Waals surface area contributed by atoms with Crippen LogP contribution in [0.15, 0.2) is 65.1 Å². The molecular formula is C19H17NO4S. The first-order valence-electron chi connectivity index (χ1n) is 7.94. The number of furan rings is 1. The topological polar surface area (TPSA) is 79.5 Å². The van der Waals surface area contributed by atoms with Gasteiger partial charge in [0.25, 0.3) is 0 Å². The molecule has 1 unspecified atom stereocenters. The highest BCUT2D eigenvalue weighted by molar-refractivity contribution is 7.90. The first-order chi connectivity index (χ1) is 12.0. The average Bonchev–Trinajstić information content (AvgIpc) is 2.99. The van der Waals surface area contributed by atoms with Crippen LogP contribution in [0.4, 0.5) is 0 Å². The Labute approximate surface area is 145 Å². The first-order valence-corrected chi connectivity index (χ1v) is 9.42. The van der Waals surface area contributed by atoms with Gasteiger partial charge in [0.1, 0.15) is 11.3 Å². The molecule has 0 amide bonds. The van der Waals surface area contributed by atoms with E-state index in [4.69, 9.17) is 4.42 Å². The van der Waals surface area contributed by atoms with Gasteiger partial charge in [-0.25, -0.2) is 13.1 Å². The smallest absolute Gasteiger partial charge is 0.245 e. The summed E-state index contributed by atoms with van der Waals surface area (Å²) in [5.41, 5.74) is 2.20. The van der Waals surface area contributed by atoms with Gasteiger partial charge in [-0.05, 0) is 23.8 Å². The number of benzene rings is 2. The minimum Gasteiger partial charge on any atom is -0.456 e. The number of rotatable bonds is 4. The molecule has 1 heterocycles. The second-order valence-electron chi connectivity index (χ2n) is 6.11. The van der Waals surface area contributed by atoms with Gasteiger partial charge >= 0.3 is 0 Å². The predicted molar refractivity (Wildman–Crippen MR) is 96.1 cm³/mol. The highest BCUT2D eigenvalue weighted by atomic mass is 32.2. The van der Waals surface area contributed by atoms with Gasteiger partial charge in [-0.15, -0.1) is 0 Å². The van der Waals surface area contributed by atoms with E-state index in [0.717, 1.165) is 10.9 Å². The lowest BCUT2D eigenvalue weighted by atomic mass is 9.98. The van der Waals surface area contributed by atoms with Crippen LogP contribution in [0.5, 0.6) is 0 Å². The van der Waals surface area contributed by atoms with Crippen LogP contribution in [-0.4, -0.2) is 18.5 Å². The Kier molecular flexibility index (Phi) is 3.76. The lowest BCUT2D eigenvalue weighted by Crippen LogP contribution is -2.47. The van der Waals surface area contributed by atoms with Gasteiger partial charge in [0, 0.05) is 23.9 Å². The van der Waals surface area contributed by atoms with Crippen LogP contribution < -0.4 is 4.72 Å². The van der Waals surface area contributed by atoms with Crippen molar-refractivity contribution < 1.29 is 17.9 Å². The minimum absolute atomic E-state index is 0.0556. The maximum Gasteiger partial charge on any atom is 0.245 e. The number of aliphatic hydroxyl groups is 1. The Morgan fingerprint density at radius 3 is 2.60 bits per heavy atom.